The summed E-state index contributed by atoms with van der Waals surface area (Å²) in [7, 11) is 0. The minimum Gasteiger partial charge on any atom is -0.395 e. The van der Waals surface area contributed by atoms with Crippen LogP contribution in [0.15, 0.2) is 0 Å². The predicted molar refractivity (Wildman–Crippen MR) is 117 cm³/mol. The maximum atomic E-state index is 12.1. The Labute approximate surface area is 178 Å². The van der Waals surface area contributed by atoms with Crippen molar-refractivity contribution < 1.29 is 25.0 Å². The second kappa shape index (κ2) is 17.0. The summed E-state index contributed by atoms with van der Waals surface area (Å²) in [6.07, 6.45) is 12.9. The molecule has 1 amide bonds. The van der Waals surface area contributed by atoms with Crippen molar-refractivity contribution in [3.63, 3.8) is 0 Å². The highest BCUT2D eigenvalue weighted by atomic mass is 16.7. The molecule has 0 rings (SSSR count). The number of hydrogen-bond acceptors (Lipinski definition) is 5. The molecule has 0 fully saturated rings. The molecule has 0 saturated heterocycles. The maximum Gasteiger partial charge on any atom is 0.251 e. The monoisotopic (exact) mass is 417 g/mol. The minimum atomic E-state index is -1.31. The van der Waals surface area contributed by atoms with Crippen molar-refractivity contribution in [1.29, 1.82) is 0 Å². The summed E-state index contributed by atoms with van der Waals surface area (Å²) < 4.78 is 0. The third-order valence-corrected chi connectivity index (χ3v) is 5.15. The van der Waals surface area contributed by atoms with E-state index in [-0.39, 0.29) is 0 Å². The summed E-state index contributed by atoms with van der Waals surface area (Å²) in [5.74, 6) is -1.73. The van der Waals surface area contributed by atoms with Gasteiger partial charge in [0.2, 0.25) is 0 Å². The Bertz CT molecular complexity index is 397. The first-order chi connectivity index (χ1) is 13.7. The summed E-state index contributed by atoms with van der Waals surface area (Å²) in [5.41, 5.74) is 1.68. The lowest BCUT2D eigenvalue weighted by Gasteiger charge is -2.26. The number of nitrogens with one attached hydrogen (secondary N) is 1. The molecule has 0 saturated carbocycles. The van der Waals surface area contributed by atoms with Gasteiger partial charge in [0.1, 0.15) is 0 Å². The predicted octanol–water partition coefficient (Wildman–Crippen LogP) is 4.25. The summed E-state index contributed by atoms with van der Waals surface area (Å²) in [4.78, 5) is 17.3. The van der Waals surface area contributed by atoms with Gasteiger partial charge in [-0.3, -0.25) is 9.63 Å². The summed E-state index contributed by atoms with van der Waals surface area (Å²) >= 11 is 0. The average molecular weight is 418 g/mol. The summed E-state index contributed by atoms with van der Waals surface area (Å²) in [6, 6.07) is 0. The van der Waals surface area contributed by atoms with Crippen molar-refractivity contribution in [3.8, 4) is 0 Å². The number of carbonyl (C=O) groups is 1. The Morgan fingerprint density at radius 2 is 1.31 bits per heavy atom. The molecule has 0 bridgehead atoms. The summed E-state index contributed by atoms with van der Waals surface area (Å²) in [6.45, 7) is 7.03. The molecule has 0 radical (unpaired) electrons. The molecule has 4 N–H and O–H groups in total. The highest BCUT2D eigenvalue weighted by Crippen LogP contribution is 2.17. The summed E-state index contributed by atoms with van der Waals surface area (Å²) in [5, 5.41) is 29.8. The van der Waals surface area contributed by atoms with Gasteiger partial charge in [-0.25, -0.2) is 5.48 Å². The van der Waals surface area contributed by atoms with E-state index in [1.54, 1.807) is 20.8 Å². The quantitative estimate of drug-likeness (QED) is 0.197. The molecule has 0 spiro atoms. The molecule has 0 aliphatic heterocycles. The maximum absolute atomic E-state index is 12.1. The van der Waals surface area contributed by atoms with E-state index >= 15 is 0 Å². The Morgan fingerprint density at radius 3 is 1.72 bits per heavy atom. The van der Waals surface area contributed by atoms with Gasteiger partial charge in [-0.15, -0.1) is 0 Å². The normalized spacial score (nSPS) is 15.1. The molecule has 29 heavy (non-hydrogen) atoms. The fourth-order valence-electron chi connectivity index (χ4n) is 3.26. The highest BCUT2D eigenvalue weighted by Gasteiger charge is 2.32. The van der Waals surface area contributed by atoms with Crippen LogP contribution in [0.5, 0.6) is 0 Å². The molecule has 6 nitrogen and oxygen atoms in total. The van der Waals surface area contributed by atoms with E-state index in [2.05, 4.69) is 12.4 Å². The van der Waals surface area contributed by atoms with Gasteiger partial charge in [0.15, 0.2) is 0 Å². The number of rotatable bonds is 18. The van der Waals surface area contributed by atoms with Gasteiger partial charge < -0.3 is 15.3 Å². The van der Waals surface area contributed by atoms with E-state index in [4.69, 9.17) is 4.84 Å². The Balaban J connectivity index is 3.83. The molecule has 0 unspecified atom stereocenters. The van der Waals surface area contributed by atoms with E-state index in [1.807, 2.05) is 0 Å². The van der Waals surface area contributed by atoms with Crippen molar-refractivity contribution in [1.82, 2.24) is 5.48 Å². The Hall–Kier alpha value is -0.690. The smallest absolute Gasteiger partial charge is 0.251 e. The fourth-order valence-corrected chi connectivity index (χ4v) is 3.26. The van der Waals surface area contributed by atoms with Crippen LogP contribution in [0, 0.1) is 5.92 Å². The van der Waals surface area contributed by atoms with Crippen LogP contribution in [0.1, 0.15) is 111 Å². The zero-order valence-electron chi connectivity index (χ0n) is 19.3. The zero-order valence-corrected chi connectivity index (χ0v) is 19.3. The Kier molecular flexibility index (Phi) is 16.6. The molecule has 0 aliphatic rings. The van der Waals surface area contributed by atoms with E-state index in [1.165, 1.54) is 57.8 Å². The van der Waals surface area contributed by atoms with Crippen LogP contribution in [-0.2, 0) is 9.63 Å². The van der Waals surface area contributed by atoms with Gasteiger partial charge in [-0.2, -0.15) is 0 Å². The van der Waals surface area contributed by atoms with E-state index < -0.39 is 36.2 Å². The minimum absolute atomic E-state index is 0.419. The van der Waals surface area contributed by atoms with Crippen LogP contribution in [0.4, 0.5) is 0 Å². The molecule has 0 aliphatic carbocycles. The average Bonchev–Trinajstić information content (AvgIpc) is 2.67. The number of aliphatic hydroxyl groups excluding tert-OH is 3. The number of aliphatic hydroxyl groups is 3. The number of amides is 1. The van der Waals surface area contributed by atoms with Crippen molar-refractivity contribution in [3.05, 3.63) is 0 Å². The van der Waals surface area contributed by atoms with Gasteiger partial charge in [-0.05, 0) is 27.2 Å². The number of unbranched alkanes of at least 4 members (excludes halogenated alkanes) is 11. The second-order valence-corrected chi connectivity index (χ2v) is 9.21. The van der Waals surface area contributed by atoms with E-state index in [9.17, 15) is 20.1 Å². The van der Waals surface area contributed by atoms with Crippen LogP contribution in [0.3, 0.4) is 0 Å². The van der Waals surface area contributed by atoms with Crippen LogP contribution in [0.2, 0.25) is 0 Å². The lowest BCUT2D eigenvalue weighted by Crippen LogP contribution is -2.46. The fraction of sp³-hybridized carbons (Fsp3) is 0.957. The molecule has 0 aromatic carbocycles. The van der Waals surface area contributed by atoms with Gasteiger partial charge in [0.25, 0.3) is 5.91 Å². The molecule has 6 heteroatoms. The standard InChI is InChI=1S/C23H47NO5/c1-5-6-7-8-9-10-11-12-13-14-15-16-17-20(26)21(27)19(18-25)22(28)24-29-23(2,3)4/h19-21,25-27H,5-18H2,1-4H3,(H,24,28)/t19-,20-,21-/m0/s1. The van der Waals surface area contributed by atoms with Crippen LogP contribution < -0.4 is 5.48 Å². The van der Waals surface area contributed by atoms with Crippen molar-refractivity contribution >= 4 is 5.91 Å². The lowest BCUT2D eigenvalue weighted by atomic mass is 9.94. The largest absolute Gasteiger partial charge is 0.395 e. The number of carbonyl (C=O) groups excluding carboxylic acids is 1. The zero-order chi connectivity index (χ0) is 22.1. The third-order valence-electron chi connectivity index (χ3n) is 5.15. The molecule has 0 aromatic heterocycles. The topological polar surface area (TPSA) is 99.0 Å². The third kappa shape index (κ3) is 15.8. The molecule has 3 atom stereocenters. The highest BCUT2D eigenvalue weighted by molar-refractivity contribution is 5.78. The SMILES string of the molecule is CCCCCCCCCCCCCC[C@H](O)[C@@H](O)[C@H](CO)C(=O)NOC(C)(C)C. The van der Waals surface area contributed by atoms with Crippen molar-refractivity contribution in [2.45, 2.75) is 129 Å². The van der Waals surface area contributed by atoms with E-state index in [0.29, 0.717) is 6.42 Å². The molecule has 0 heterocycles. The van der Waals surface area contributed by atoms with Gasteiger partial charge in [-0.1, -0.05) is 84.0 Å². The molecule has 0 aromatic rings. The number of hydrogen-bond donors (Lipinski definition) is 4. The lowest BCUT2D eigenvalue weighted by molar-refractivity contribution is -0.158. The molecular formula is C23H47NO5. The van der Waals surface area contributed by atoms with E-state index in [0.717, 1.165) is 19.3 Å². The van der Waals surface area contributed by atoms with Gasteiger partial charge in [0, 0.05) is 0 Å². The van der Waals surface area contributed by atoms with Crippen LogP contribution in [0.25, 0.3) is 0 Å². The molecular weight excluding hydrogens is 370 g/mol. The van der Waals surface area contributed by atoms with Crippen LogP contribution in [-0.4, -0.2) is 45.6 Å². The van der Waals surface area contributed by atoms with Crippen LogP contribution >= 0.6 is 0 Å². The molecule has 174 valence electrons. The van der Waals surface area contributed by atoms with Crippen molar-refractivity contribution in [2.24, 2.45) is 5.92 Å². The van der Waals surface area contributed by atoms with Gasteiger partial charge in [0.05, 0.1) is 30.3 Å². The Morgan fingerprint density at radius 1 is 0.862 bits per heavy atom. The first-order valence-corrected chi connectivity index (χ1v) is 11.7. The first-order valence-electron chi connectivity index (χ1n) is 11.7. The first kappa shape index (κ1) is 28.3. The second-order valence-electron chi connectivity index (χ2n) is 9.21. The number of hydroxylamine groups is 1. The van der Waals surface area contributed by atoms with Crippen molar-refractivity contribution in [2.75, 3.05) is 6.61 Å². The van der Waals surface area contributed by atoms with Gasteiger partial charge >= 0.3 is 0 Å².